The van der Waals surface area contributed by atoms with E-state index >= 15 is 0 Å². The molecule has 20 heavy (non-hydrogen) atoms. The highest BCUT2D eigenvalue weighted by Gasteiger charge is 2.16. The Bertz CT molecular complexity index is 622. The van der Waals surface area contributed by atoms with Gasteiger partial charge in [-0.3, -0.25) is 4.79 Å². The number of anilines is 1. The van der Waals surface area contributed by atoms with Crippen LogP contribution in [0.1, 0.15) is 22.2 Å². The second kappa shape index (κ2) is 6.24. The topological polar surface area (TPSA) is 64.3 Å². The van der Waals surface area contributed by atoms with Gasteiger partial charge in [0.25, 0.3) is 5.91 Å². The average molecular weight is 292 g/mol. The van der Waals surface area contributed by atoms with E-state index in [1.54, 1.807) is 7.11 Å². The standard InChI is InChI=1S/C15H20N2O2S/c1-9-4-5-11-12(6-9)20-14(13(11)16)15(18)17-7-10(2)8-19-3/h4-6,10H,7-8,16H2,1-3H3,(H,17,18). The minimum atomic E-state index is -0.107. The molecule has 2 rings (SSSR count). The van der Waals surface area contributed by atoms with Crippen molar-refractivity contribution in [3.8, 4) is 0 Å². The molecule has 0 aliphatic carbocycles. The maximum absolute atomic E-state index is 12.2. The summed E-state index contributed by atoms with van der Waals surface area (Å²) in [7, 11) is 1.66. The summed E-state index contributed by atoms with van der Waals surface area (Å²) in [5, 5.41) is 3.87. The maximum atomic E-state index is 12.2. The van der Waals surface area contributed by atoms with E-state index in [1.165, 1.54) is 16.9 Å². The zero-order valence-corrected chi connectivity index (χ0v) is 12.8. The van der Waals surface area contributed by atoms with Gasteiger partial charge in [-0.2, -0.15) is 0 Å². The molecule has 2 aromatic rings. The van der Waals surface area contributed by atoms with Crippen molar-refractivity contribution < 1.29 is 9.53 Å². The van der Waals surface area contributed by atoms with E-state index in [0.717, 1.165) is 10.1 Å². The number of methoxy groups -OCH3 is 1. The Hall–Kier alpha value is -1.59. The fourth-order valence-electron chi connectivity index (χ4n) is 2.08. The van der Waals surface area contributed by atoms with Crippen LogP contribution < -0.4 is 11.1 Å². The number of aryl methyl sites for hydroxylation is 1. The summed E-state index contributed by atoms with van der Waals surface area (Å²) in [4.78, 5) is 12.8. The second-order valence-electron chi connectivity index (χ2n) is 5.12. The summed E-state index contributed by atoms with van der Waals surface area (Å²) >= 11 is 1.44. The van der Waals surface area contributed by atoms with Crippen molar-refractivity contribution in [3.05, 3.63) is 28.6 Å². The van der Waals surface area contributed by atoms with E-state index in [1.807, 2.05) is 26.0 Å². The van der Waals surface area contributed by atoms with Crippen LogP contribution in [0.3, 0.4) is 0 Å². The third-order valence-corrected chi connectivity index (χ3v) is 4.32. The molecule has 0 fully saturated rings. The molecule has 5 heteroatoms. The highest BCUT2D eigenvalue weighted by Crippen LogP contribution is 2.34. The predicted molar refractivity (Wildman–Crippen MR) is 84.3 cm³/mol. The zero-order valence-electron chi connectivity index (χ0n) is 12.0. The fourth-order valence-corrected chi connectivity index (χ4v) is 3.22. The number of fused-ring (bicyclic) bond motifs is 1. The second-order valence-corrected chi connectivity index (χ2v) is 6.17. The van der Waals surface area contributed by atoms with Crippen LogP contribution in [-0.4, -0.2) is 26.2 Å². The monoisotopic (exact) mass is 292 g/mol. The van der Waals surface area contributed by atoms with Crippen molar-refractivity contribution in [3.63, 3.8) is 0 Å². The SMILES string of the molecule is COCC(C)CNC(=O)c1sc2cc(C)ccc2c1N. The normalized spacial score (nSPS) is 12.6. The van der Waals surface area contributed by atoms with Crippen molar-refractivity contribution in [1.29, 1.82) is 0 Å². The molecule has 0 spiro atoms. The molecule has 1 heterocycles. The number of thiophene rings is 1. The summed E-state index contributed by atoms with van der Waals surface area (Å²) in [5.74, 6) is 0.172. The molecule has 4 nitrogen and oxygen atoms in total. The first kappa shape index (κ1) is 14.8. The molecule has 1 amide bonds. The molecule has 0 saturated heterocycles. The minimum absolute atomic E-state index is 0.107. The average Bonchev–Trinajstić information content (AvgIpc) is 2.73. The number of rotatable bonds is 5. The van der Waals surface area contributed by atoms with Crippen molar-refractivity contribution in [2.75, 3.05) is 26.0 Å². The number of hydrogen-bond donors (Lipinski definition) is 2. The lowest BCUT2D eigenvalue weighted by Crippen LogP contribution is -2.29. The van der Waals surface area contributed by atoms with Crippen LogP contribution in [0, 0.1) is 12.8 Å². The minimum Gasteiger partial charge on any atom is -0.397 e. The summed E-state index contributed by atoms with van der Waals surface area (Å²) < 4.78 is 6.11. The van der Waals surface area contributed by atoms with Gasteiger partial charge in [-0.15, -0.1) is 11.3 Å². The molecule has 108 valence electrons. The van der Waals surface area contributed by atoms with Gasteiger partial charge in [-0.1, -0.05) is 19.1 Å². The molecule has 1 aromatic carbocycles. The molecular formula is C15H20N2O2S. The first-order chi connectivity index (χ1) is 9.52. The predicted octanol–water partition coefficient (Wildman–Crippen LogP) is 2.80. The maximum Gasteiger partial charge on any atom is 0.263 e. The van der Waals surface area contributed by atoms with Gasteiger partial charge in [-0.05, 0) is 24.5 Å². The van der Waals surface area contributed by atoms with Gasteiger partial charge in [0.15, 0.2) is 0 Å². The van der Waals surface area contributed by atoms with Crippen LogP contribution >= 0.6 is 11.3 Å². The molecule has 0 saturated carbocycles. The molecule has 1 aromatic heterocycles. The number of nitrogens with two attached hydrogens (primary N) is 1. The first-order valence-corrected chi connectivity index (χ1v) is 7.40. The third-order valence-electron chi connectivity index (χ3n) is 3.15. The van der Waals surface area contributed by atoms with Gasteiger partial charge < -0.3 is 15.8 Å². The lowest BCUT2D eigenvalue weighted by Gasteiger charge is -2.10. The van der Waals surface area contributed by atoms with Crippen LogP contribution in [0.2, 0.25) is 0 Å². The Labute approximate surface area is 122 Å². The summed E-state index contributed by atoms with van der Waals surface area (Å²) in [6, 6.07) is 6.04. The first-order valence-electron chi connectivity index (χ1n) is 6.58. The van der Waals surface area contributed by atoms with Crippen LogP contribution in [0.5, 0.6) is 0 Å². The Morgan fingerprint density at radius 3 is 2.95 bits per heavy atom. The van der Waals surface area contributed by atoms with Crippen LogP contribution in [0.25, 0.3) is 10.1 Å². The van der Waals surface area contributed by atoms with Crippen LogP contribution in [0.15, 0.2) is 18.2 Å². The van der Waals surface area contributed by atoms with E-state index in [9.17, 15) is 4.79 Å². The number of carbonyl (C=O) groups is 1. The van der Waals surface area contributed by atoms with E-state index < -0.39 is 0 Å². The summed E-state index contributed by atoms with van der Waals surface area (Å²) in [6.45, 7) is 5.27. The summed E-state index contributed by atoms with van der Waals surface area (Å²) in [5.41, 5.74) is 7.82. The van der Waals surface area contributed by atoms with Gasteiger partial charge in [0.2, 0.25) is 0 Å². The lowest BCUT2D eigenvalue weighted by molar-refractivity contribution is 0.0939. The lowest BCUT2D eigenvalue weighted by atomic mass is 10.1. The largest absolute Gasteiger partial charge is 0.397 e. The zero-order chi connectivity index (χ0) is 14.7. The van der Waals surface area contributed by atoms with Gasteiger partial charge in [0.1, 0.15) is 4.88 Å². The quantitative estimate of drug-likeness (QED) is 0.890. The van der Waals surface area contributed by atoms with Crippen molar-refractivity contribution >= 4 is 33.0 Å². The number of nitrogens with one attached hydrogen (secondary N) is 1. The van der Waals surface area contributed by atoms with Crippen molar-refractivity contribution in [2.24, 2.45) is 5.92 Å². The van der Waals surface area contributed by atoms with Crippen molar-refractivity contribution in [2.45, 2.75) is 13.8 Å². The number of ether oxygens (including phenoxy) is 1. The van der Waals surface area contributed by atoms with Gasteiger partial charge in [-0.25, -0.2) is 0 Å². The van der Waals surface area contributed by atoms with Gasteiger partial charge in [0.05, 0.1) is 12.3 Å². The molecule has 1 unspecified atom stereocenters. The number of carbonyl (C=O) groups excluding carboxylic acids is 1. The van der Waals surface area contributed by atoms with E-state index in [4.69, 9.17) is 10.5 Å². The molecule has 0 radical (unpaired) electrons. The Balaban J connectivity index is 2.16. The Morgan fingerprint density at radius 1 is 1.50 bits per heavy atom. The van der Waals surface area contributed by atoms with E-state index in [2.05, 4.69) is 11.4 Å². The molecule has 0 aliphatic heterocycles. The molecule has 1 atom stereocenters. The molecule has 3 N–H and O–H groups in total. The summed E-state index contributed by atoms with van der Waals surface area (Å²) in [6.07, 6.45) is 0. The molecular weight excluding hydrogens is 272 g/mol. The van der Waals surface area contributed by atoms with E-state index in [-0.39, 0.29) is 11.8 Å². The number of amides is 1. The smallest absolute Gasteiger partial charge is 0.263 e. The Kier molecular flexibility index (Phi) is 4.62. The van der Waals surface area contributed by atoms with Crippen LogP contribution in [-0.2, 0) is 4.74 Å². The number of benzene rings is 1. The molecule has 0 aliphatic rings. The Morgan fingerprint density at radius 2 is 2.25 bits per heavy atom. The number of hydrogen-bond acceptors (Lipinski definition) is 4. The van der Waals surface area contributed by atoms with Gasteiger partial charge in [0, 0.05) is 23.7 Å². The fraction of sp³-hybridized carbons (Fsp3) is 0.400. The number of nitrogen functional groups attached to an aromatic ring is 1. The highest BCUT2D eigenvalue weighted by atomic mass is 32.1. The van der Waals surface area contributed by atoms with Gasteiger partial charge >= 0.3 is 0 Å². The van der Waals surface area contributed by atoms with Crippen molar-refractivity contribution in [1.82, 2.24) is 5.32 Å². The highest BCUT2D eigenvalue weighted by molar-refractivity contribution is 7.21. The third kappa shape index (κ3) is 3.11. The van der Waals surface area contributed by atoms with Crippen LogP contribution in [0.4, 0.5) is 5.69 Å². The van der Waals surface area contributed by atoms with E-state index in [0.29, 0.717) is 23.7 Å². The molecule has 0 bridgehead atoms.